The van der Waals surface area contributed by atoms with E-state index in [0.717, 1.165) is 17.3 Å². The van der Waals surface area contributed by atoms with Crippen LogP contribution in [-0.4, -0.2) is 23.2 Å². The van der Waals surface area contributed by atoms with Gasteiger partial charge in [0.2, 0.25) is 0 Å². The third-order valence-electron chi connectivity index (χ3n) is 2.72. The minimum absolute atomic E-state index is 0.561. The molecule has 94 valence electrons. The lowest BCUT2D eigenvalue weighted by atomic mass is 10.2. The second-order valence-corrected chi connectivity index (χ2v) is 3.97. The molecule has 6 heteroatoms. The monoisotopic (exact) mass is 246 g/mol. The quantitative estimate of drug-likeness (QED) is 0.712. The second kappa shape index (κ2) is 4.48. The van der Waals surface area contributed by atoms with E-state index in [1.165, 1.54) is 0 Å². The number of hydrogen-bond donors (Lipinski definition) is 3. The summed E-state index contributed by atoms with van der Waals surface area (Å²) < 4.78 is 11.0. The van der Waals surface area contributed by atoms with Crippen molar-refractivity contribution in [1.82, 2.24) is 9.97 Å². The number of rotatable bonds is 3. The number of nitrogens with one attached hydrogen (secondary N) is 2. The van der Waals surface area contributed by atoms with Crippen LogP contribution in [0.5, 0.6) is 11.5 Å². The molecule has 0 unspecified atom stereocenters. The summed E-state index contributed by atoms with van der Waals surface area (Å²) in [6.07, 6.45) is 3.49. The highest BCUT2D eigenvalue weighted by molar-refractivity contribution is 5.72. The van der Waals surface area contributed by atoms with Crippen LogP contribution in [0.15, 0.2) is 24.5 Å². The van der Waals surface area contributed by atoms with Gasteiger partial charge in [0.25, 0.3) is 0 Å². The summed E-state index contributed by atoms with van der Waals surface area (Å²) in [7, 11) is 0. The smallest absolute Gasteiger partial charge is 0.163 e. The highest BCUT2D eigenvalue weighted by Crippen LogP contribution is 2.36. The van der Waals surface area contributed by atoms with E-state index in [2.05, 4.69) is 15.3 Å². The van der Waals surface area contributed by atoms with Crippen molar-refractivity contribution in [3.63, 3.8) is 0 Å². The van der Waals surface area contributed by atoms with Crippen LogP contribution in [0.4, 0.5) is 11.4 Å². The molecule has 4 N–H and O–H groups in total. The highest BCUT2D eigenvalue weighted by Gasteiger charge is 2.14. The zero-order valence-corrected chi connectivity index (χ0v) is 9.77. The van der Waals surface area contributed by atoms with E-state index >= 15 is 0 Å². The van der Waals surface area contributed by atoms with Gasteiger partial charge in [-0.1, -0.05) is 0 Å². The van der Waals surface area contributed by atoms with E-state index in [-0.39, 0.29) is 0 Å². The van der Waals surface area contributed by atoms with Gasteiger partial charge in [-0.2, -0.15) is 0 Å². The Kier molecular flexibility index (Phi) is 2.68. The SMILES string of the molecule is Nc1cc2c(cc1NCc1ncc[nH]1)OCCO2. The molecule has 0 spiro atoms. The molecule has 1 aromatic carbocycles. The number of anilines is 2. The molecule has 0 saturated carbocycles. The Morgan fingerprint density at radius 3 is 2.78 bits per heavy atom. The molecule has 0 bridgehead atoms. The highest BCUT2D eigenvalue weighted by atomic mass is 16.6. The number of fused-ring (bicyclic) bond motifs is 1. The first-order valence-electron chi connectivity index (χ1n) is 5.74. The Morgan fingerprint density at radius 2 is 2.06 bits per heavy atom. The van der Waals surface area contributed by atoms with Crippen LogP contribution >= 0.6 is 0 Å². The molecule has 6 nitrogen and oxygen atoms in total. The largest absolute Gasteiger partial charge is 0.486 e. The predicted octanol–water partition coefficient (Wildman–Crippen LogP) is 1.38. The fourth-order valence-electron chi connectivity index (χ4n) is 1.83. The van der Waals surface area contributed by atoms with Gasteiger partial charge >= 0.3 is 0 Å². The van der Waals surface area contributed by atoms with Crippen LogP contribution in [0.25, 0.3) is 0 Å². The lowest BCUT2D eigenvalue weighted by Gasteiger charge is -2.20. The topological polar surface area (TPSA) is 85.2 Å². The molecular formula is C12H14N4O2. The Bertz CT molecular complexity index is 539. The molecule has 0 radical (unpaired) electrons. The van der Waals surface area contributed by atoms with Crippen molar-refractivity contribution in [2.45, 2.75) is 6.54 Å². The summed E-state index contributed by atoms with van der Waals surface area (Å²) in [6.45, 7) is 1.71. The van der Waals surface area contributed by atoms with Crippen LogP contribution in [0.3, 0.4) is 0 Å². The summed E-state index contributed by atoms with van der Waals surface area (Å²) >= 11 is 0. The number of nitrogens with zero attached hydrogens (tertiary/aromatic N) is 1. The number of hydrogen-bond acceptors (Lipinski definition) is 5. The Balaban J connectivity index is 1.79. The van der Waals surface area contributed by atoms with Crippen LogP contribution in [0, 0.1) is 0 Å². The molecule has 2 aromatic rings. The van der Waals surface area contributed by atoms with Crippen LogP contribution in [0.1, 0.15) is 5.82 Å². The van der Waals surface area contributed by atoms with Gasteiger partial charge < -0.3 is 25.5 Å². The standard InChI is InChI=1S/C12H14N4O2/c13-8-5-10-11(18-4-3-17-10)6-9(8)16-7-12-14-1-2-15-12/h1-2,5-6,16H,3-4,7,13H2,(H,14,15). The van der Waals surface area contributed by atoms with Crippen molar-refractivity contribution in [2.24, 2.45) is 0 Å². The van der Waals surface area contributed by atoms with Gasteiger partial charge in [0, 0.05) is 24.5 Å². The number of imidazole rings is 1. The number of nitrogens with two attached hydrogens (primary N) is 1. The van der Waals surface area contributed by atoms with Gasteiger partial charge in [0.1, 0.15) is 19.0 Å². The van der Waals surface area contributed by atoms with Gasteiger partial charge in [-0.3, -0.25) is 0 Å². The summed E-state index contributed by atoms with van der Waals surface area (Å²) in [5, 5.41) is 3.21. The number of aromatic nitrogens is 2. The number of nitrogen functional groups attached to an aromatic ring is 1. The van der Waals surface area contributed by atoms with Crippen molar-refractivity contribution in [3.05, 3.63) is 30.4 Å². The molecular weight excluding hydrogens is 232 g/mol. The Morgan fingerprint density at radius 1 is 1.28 bits per heavy atom. The number of H-pyrrole nitrogens is 1. The van der Waals surface area contributed by atoms with Crippen molar-refractivity contribution in [2.75, 3.05) is 24.3 Å². The van der Waals surface area contributed by atoms with Gasteiger partial charge in [-0.25, -0.2) is 4.98 Å². The average Bonchev–Trinajstić information content (AvgIpc) is 2.89. The van der Waals surface area contributed by atoms with Crippen molar-refractivity contribution < 1.29 is 9.47 Å². The first-order valence-corrected chi connectivity index (χ1v) is 5.74. The van der Waals surface area contributed by atoms with Crippen LogP contribution in [-0.2, 0) is 6.54 Å². The van der Waals surface area contributed by atoms with E-state index < -0.39 is 0 Å². The minimum atomic E-state index is 0.561. The fourth-order valence-corrected chi connectivity index (χ4v) is 1.83. The zero-order chi connectivity index (χ0) is 12.4. The molecule has 0 fully saturated rings. The Labute approximate surface area is 104 Å². The molecule has 1 aliphatic rings. The molecule has 0 aliphatic carbocycles. The first-order chi connectivity index (χ1) is 8.83. The zero-order valence-electron chi connectivity index (χ0n) is 9.77. The molecule has 18 heavy (non-hydrogen) atoms. The normalized spacial score (nSPS) is 13.3. The second-order valence-electron chi connectivity index (χ2n) is 3.97. The number of ether oxygens (including phenoxy) is 2. The van der Waals surface area contributed by atoms with Crippen LogP contribution in [0.2, 0.25) is 0 Å². The molecule has 1 aliphatic heterocycles. The first kappa shape index (κ1) is 10.8. The van der Waals surface area contributed by atoms with Gasteiger partial charge in [0.15, 0.2) is 11.5 Å². The summed E-state index contributed by atoms with van der Waals surface area (Å²) in [5.41, 5.74) is 7.40. The average molecular weight is 246 g/mol. The maximum atomic E-state index is 5.96. The maximum absolute atomic E-state index is 5.96. The Hall–Kier alpha value is -2.37. The predicted molar refractivity (Wildman–Crippen MR) is 67.8 cm³/mol. The number of aromatic amines is 1. The minimum Gasteiger partial charge on any atom is -0.486 e. The van der Waals surface area contributed by atoms with Crippen molar-refractivity contribution in [3.8, 4) is 11.5 Å². The summed E-state index contributed by atoms with van der Waals surface area (Å²) in [4.78, 5) is 7.15. The van der Waals surface area contributed by atoms with Crippen molar-refractivity contribution in [1.29, 1.82) is 0 Å². The lowest BCUT2D eigenvalue weighted by Crippen LogP contribution is -2.16. The van der Waals surface area contributed by atoms with Gasteiger partial charge in [0.05, 0.1) is 17.9 Å². The van der Waals surface area contributed by atoms with E-state index in [1.54, 1.807) is 18.5 Å². The van der Waals surface area contributed by atoms with Gasteiger partial charge in [-0.05, 0) is 0 Å². The van der Waals surface area contributed by atoms with Crippen molar-refractivity contribution >= 4 is 11.4 Å². The molecule has 2 heterocycles. The number of benzene rings is 1. The maximum Gasteiger partial charge on any atom is 0.163 e. The molecule has 1 aromatic heterocycles. The third-order valence-corrected chi connectivity index (χ3v) is 2.72. The summed E-state index contributed by atoms with van der Waals surface area (Å²) in [5.74, 6) is 2.27. The third kappa shape index (κ3) is 2.04. The van der Waals surface area contributed by atoms with E-state index in [1.807, 2.05) is 6.07 Å². The molecule has 0 amide bonds. The summed E-state index contributed by atoms with van der Waals surface area (Å²) in [6, 6.07) is 3.63. The fraction of sp³-hybridized carbons (Fsp3) is 0.250. The van der Waals surface area contributed by atoms with Crippen LogP contribution < -0.4 is 20.5 Å². The molecule has 0 atom stereocenters. The van der Waals surface area contributed by atoms with Gasteiger partial charge in [-0.15, -0.1) is 0 Å². The van der Waals surface area contributed by atoms with E-state index in [4.69, 9.17) is 15.2 Å². The van der Waals surface area contributed by atoms with E-state index in [0.29, 0.717) is 31.2 Å². The molecule has 0 saturated heterocycles. The lowest BCUT2D eigenvalue weighted by molar-refractivity contribution is 0.172. The van der Waals surface area contributed by atoms with E-state index in [9.17, 15) is 0 Å². The molecule has 3 rings (SSSR count).